The maximum Gasteiger partial charge on any atom is 0.310 e. The molecule has 7 nitrogen and oxygen atoms in total. The number of nitrogens with zero attached hydrogens (tertiary/aromatic N) is 2. The van der Waals surface area contributed by atoms with Crippen molar-refractivity contribution in [3.63, 3.8) is 0 Å². The van der Waals surface area contributed by atoms with Gasteiger partial charge in [-0.2, -0.15) is 0 Å². The van der Waals surface area contributed by atoms with Crippen molar-refractivity contribution in [1.82, 2.24) is 15.2 Å². The van der Waals surface area contributed by atoms with Gasteiger partial charge in [0.15, 0.2) is 0 Å². The summed E-state index contributed by atoms with van der Waals surface area (Å²) in [7, 11) is 0. The predicted octanol–water partition coefficient (Wildman–Crippen LogP) is 8.34. The molecular weight excluding hydrogens is 631 g/mol. The van der Waals surface area contributed by atoms with Crippen LogP contribution in [0.1, 0.15) is 91.4 Å². The van der Waals surface area contributed by atoms with E-state index in [1.807, 2.05) is 42.6 Å². The fourth-order valence-electron chi connectivity index (χ4n) is 6.96. The molecule has 8 heteroatoms. The normalized spacial score (nSPS) is 18.8. The zero-order valence-corrected chi connectivity index (χ0v) is 29.8. The highest BCUT2D eigenvalue weighted by atomic mass is 32.1. The quantitative estimate of drug-likeness (QED) is 0.176. The second-order valence-corrected chi connectivity index (χ2v) is 15.9. The zero-order chi connectivity index (χ0) is 34.7. The Morgan fingerprint density at radius 1 is 0.878 bits per heavy atom. The molecule has 2 aromatic carbocycles. The minimum atomic E-state index is -0.909. The maximum atomic E-state index is 13.5. The summed E-state index contributed by atoms with van der Waals surface area (Å²) in [6, 6.07) is 24.0. The number of carbonyl (C=O) groups is 3. The summed E-state index contributed by atoms with van der Waals surface area (Å²) in [5.41, 5.74) is 6.30. The first kappa shape index (κ1) is 34.6. The Balaban J connectivity index is 1.11. The number of hydrogen-bond acceptors (Lipinski definition) is 5. The van der Waals surface area contributed by atoms with Gasteiger partial charge in [-0.1, -0.05) is 88.7 Å². The number of hydrogen-bond donors (Lipinski definition) is 2. The Kier molecular flexibility index (Phi) is 10.3. The summed E-state index contributed by atoms with van der Waals surface area (Å²) in [5.74, 6) is -0.477. The van der Waals surface area contributed by atoms with Crippen LogP contribution in [0.3, 0.4) is 0 Å². The fourth-order valence-corrected chi connectivity index (χ4v) is 7.93. The molecule has 2 N–H and O–H groups in total. The molecule has 0 radical (unpaired) electrons. The van der Waals surface area contributed by atoms with Crippen LogP contribution in [0.25, 0.3) is 22.4 Å². The van der Waals surface area contributed by atoms with E-state index in [4.69, 9.17) is 4.98 Å². The molecule has 2 fully saturated rings. The fraction of sp³-hybridized carbons (Fsp3) is 0.415. The molecule has 1 aliphatic carbocycles. The lowest BCUT2D eigenvalue weighted by Crippen LogP contribution is -2.59. The van der Waals surface area contributed by atoms with Gasteiger partial charge in [-0.15, -0.1) is 11.3 Å². The van der Waals surface area contributed by atoms with Crippen LogP contribution in [-0.2, 0) is 21.4 Å². The Labute approximate surface area is 293 Å². The Bertz CT molecular complexity index is 1760. The number of benzene rings is 2. The lowest BCUT2D eigenvalue weighted by Gasteiger charge is -2.38. The van der Waals surface area contributed by atoms with Gasteiger partial charge in [-0.3, -0.25) is 19.4 Å². The number of likely N-dealkylation sites (tertiary alicyclic amines) is 1. The van der Waals surface area contributed by atoms with Crippen LogP contribution in [0.5, 0.6) is 0 Å². The lowest BCUT2D eigenvalue weighted by atomic mass is 9.78. The topological polar surface area (TPSA) is 99.6 Å². The number of thiophene rings is 1. The highest BCUT2D eigenvalue weighted by Gasteiger charge is 2.39. The van der Waals surface area contributed by atoms with Gasteiger partial charge in [0.05, 0.1) is 16.5 Å². The second-order valence-electron chi connectivity index (χ2n) is 14.8. The number of pyridine rings is 1. The van der Waals surface area contributed by atoms with Crippen molar-refractivity contribution in [2.45, 2.75) is 83.6 Å². The molecule has 6 rings (SSSR count). The first-order chi connectivity index (χ1) is 23.5. The Hall–Kier alpha value is -4.30. The van der Waals surface area contributed by atoms with Gasteiger partial charge in [0.25, 0.3) is 5.91 Å². The van der Waals surface area contributed by atoms with E-state index >= 15 is 0 Å². The molecule has 2 aromatic heterocycles. The van der Waals surface area contributed by atoms with Crippen molar-refractivity contribution in [2.24, 2.45) is 11.8 Å². The number of carboxylic acids is 1. The van der Waals surface area contributed by atoms with Crippen LogP contribution in [0, 0.1) is 11.8 Å². The van der Waals surface area contributed by atoms with Crippen molar-refractivity contribution in [1.29, 1.82) is 0 Å². The SMILES string of the molecule is CC[C@H]1CC[C@H](c2ccc(-c3ccc(-c4ccc(C[C@H](NC(=O)c5ccc(C(C)(C)C)s5)C(=O)N5CC(C(=O)O)C5)cc4)nc3)cc2)CC1. The van der Waals surface area contributed by atoms with Gasteiger partial charge in [0, 0.05) is 41.7 Å². The average molecular weight is 678 g/mol. The summed E-state index contributed by atoms with van der Waals surface area (Å²) in [6.07, 6.45) is 8.76. The Morgan fingerprint density at radius 2 is 1.53 bits per heavy atom. The second kappa shape index (κ2) is 14.7. The summed E-state index contributed by atoms with van der Waals surface area (Å²) in [4.78, 5) is 46.1. The number of amides is 2. The summed E-state index contributed by atoms with van der Waals surface area (Å²) in [5, 5.41) is 12.3. The molecule has 1 saturated carbocycles. The molecule has 2 aliphatic rings. The van der Waals surface area contributed by atoms with Gasteiger partial charge in [-0.25, -0.2) is 0 Å². The molecule has 256 valence electrons. The zero-order valence-electron chi connectivity index (χ0n) is 28.9. The molecule has 0 bridgehead atoms. The van der Waals surface area contributed by atoms with E-state index in [0.717, 1.165) is 38.7 Å². The van der Waals surface area contributed by atoms with E-state index < -0.39 is 17.9 Å². The third-order valence-electron chi connectivity index (χ3n) is 10.3. The smallest absolute Gasteiger partial charge is 0.310 e. The summed E-state index contributed by atoms with van der Waals surface area (Å²) in [6.45, 7) is 8.90. The van der Waals surface area contributed by atoms with E-state index in [1.165, 1.54) is 53.9 Å². The predicted molar refractivity (Wildman–Crippen MR) is 196 cm³/mol. The number of rotatable bonds is 10. The highest BCUT2D eigenvalue weighted by molar-refractivity contribution is 7.14. The molecule has 1 saturated heterocycles. The third kappa shape index (κ3) is 8.13. The van der Waals surface area contributed by atoms with Crippen molar-refractivity contribution in [3.8, 4) is 22.4 Å². The van der Waals surface area contributed by atoms with Crippen molar-refractivity contribution in [3.05, 3.63) is 99.9 Å². The summed E-state index contributed by atoms with van der Waals surface area (Å²) < 4.78 is 0. The lowest BCUT2D eigenvalue weighted by molar-refractivity contribution is -0.153. The van der Waals surface area contributed by atoms with Gasteiger partial charge in [0.1, 0.15) is 6.04 Å². The number of aliphatic carboxylic acids is 1. The molecule has 4 aromatic rings. The van der Waals surface area contributed by atoms with E-state index in [-0.39, 0.29) is 30.3 Å². The first-order valence-electron chi connectivity index (χ1n) is 17.6. The monoisotopic (exact) mass is 677 g/mol. The molecule has 2 amide bonds. The van der Waals surface area contributed by atoms with Crippen LogP contribution < -0.4 is 5.32 Å². The van der Waals surface area contributed by atoms with Gasteiger partial charge < -0.3 is 15.3 Å². The summed E-state index contributed by atoms with van der Waals surface area (Å²) >= 11 is 1.42. The first-order valence-corrected chi connectivity index (χ1v) is 18.4. The van der Waals surface area contributed by atoms with Crippen LogP contribution in [-0.4, -0.2) is 51.9 Å². The molecule has 49 heavy (non-hydrogen) atoms. The number of carboxylic acid groups (broad SMARTS) is 1. The van der Waals surface area contributed by atoms with E-state index in [0.29, 0.717) is 17.2 Å². The highest BCUT2D eigenvalue weighted by Crippen LogP contribution is 2.37. The minimum Gasteiger partial charge on any atom is -0.481 e. The van der Waals surface area contributed by atoms with Gasteiger partial charge >= 0.3 is 5.97 Å². The van der Waals surface area contributed by atoms with Crippen molar-refractivity contribution < 1.29 is 19.5 Å². The van der Waals surface area contributed by atoms with Crippen molar-refractivity contribution in [2.75, 3.05) is 13.1 Å². The standard InChI is InChI=1S/C41H47N3O4S/c1-5-26-6-10-28(11-7-26)29-14-16-30(17-15-29)32-18-19-34(42-23-32)31-12-8-27(9-13-31)22-35(39(46)44-24-33(25-44)40(47)48)43-38(45)36-20-21-37(49-36)41(2,3)4/h8-9,12-21,23,26,28,33,35H,5-7,10-11,22,24-25H2,1-4H3,(H,43,45)(H,47,48)/t26-,28-,35-/m0/s1. The molecule has 1 atom stereocenters. The maximum absolute atomic E-state index is 13.5. The molecule has 0 unspecified atom stereocenters. The van der Waals surface area contributed by atoms with Crippen LogP contribution in [0.15, 0.2) is 79.0 Å². The number of aromatic nitrogens is 1. The molecular formula is C41H47N3O4S. The average Bonchev–Trinajstić information content (AvgIpc) is 3.60. The Morgan fingerprint density at radius 3 is 2.10 bits per heavy atom. The third-order valence-corrected chi connectivity index (χ3v) is 11.8. The number of carbonyl (C=O) groups excluding carboxylic acids is 2. The van der Waals surface area contributed by atoms with E-state index in [1.54, 1.807) is 6.07 Å². The van der Waals surface area contributed by atoms with E-state index in [9.17, 15) is 19.5 Å². The molecule has 3 heterocycles. The minimum absolute atomic E-state index is 0.0860. The van der Waals surface area contributed by atoms with Gasteiger partial charge in [-0.05, 0) is 77.8 Å². The van der Waals surface area contributed by atoms with Gasteiger partial charge in [0.2, 0.25) is 5.91 Å². The molecule has 0 spiro atoms. The van der Waals surface area contributed by atoms with Crippen LogP contribution in [0.2, 0.25) is 0 Å². The van der Waals surface area contributed by atoms with Crippen molar-refractivity contribution >= 4 is 29.1 Å². The largest absolute Gasteiger partial charge is 0.481 e. The van der Waals surface area contributed by atoms with Crippen LogP contribution in [0.4, 0.5) is 0 Å². The molecule has 1 aliphatic heterocycles. The number of nitrogens with one attached hydrogen (secondary N) is 1. The van der Waals surface area contributed by atoms with Crippen LogP contribution >= 0.6 is 11.3 Å². The van der Waals surface area contributed by atoms with E-state index in [2.05, 4.69) is 63.3 Å².